The maximum absolute atomic E-state index is 4.20. The first-order valence-corrected chi connectivity index (χ1v) is 3.84. The smallest absolute Gasteiger partial charge is 0.137 e. The second-order valence-corrected chi connectivity index (χ2v) is 2.78. The van der Waals surface area contributed by atoms with E-state index in [-0.39, 0.29) is 0 Å². The SMILES string of the molecule is c1cn2c(ccc3c[nH]cc32)n1. The molecule has 0 aromatic carbocycles. The van der Waals surface area contributed by atoms with Crippen molar-refractivity contribution in [3.05, 3.63) is 36.9 Å². The molecule has 0 saturated carbocycles. The van der Waals surface area contributed by atoms with Gasteiger partial charge in [-0.25, -0.2) is 4.98 Å². The highest BCUT2D eigenvalue weighted by molar-refractivity contribution is 5.81. The zero-order valence-corrected chi connectivity index (χ0v) is 6.36. The van der Waals surface area contributed by atoms with Crippen LogP contribution in [0.2, 0.25) is 0 Å². The number of aromatic nitrogens is 3. The molecule has 3 nitrogen and oxygen atoms in total. The fourth-order valence-corrected chi connectivity index (χ4v) is 1.52. The van der Waals surface area contributed by atoms with Gasteiger partial charge >= 0.3 is 0 Å². The molecule has 12 heavy (non-hydrogen) atoms. The molecule has 0 bridgehead atoms. The lowest BCUT2D eigenvalue weighted by Crippen LogP contribution is -1.82. The summed E-state index contributed by atoms with van der Waals surface area (Å²) in [6, 6.07) is 4.07. The van der Waals surface area contributed by atoms with Crippen LogP contribution in [0.5, 0.6) is 0 Å². The molecule has 0 fully saturated rings. The van der Waals surface area contributed by atoms with Crippen molar-refractivity contribution in [3.8, 4) is 0 Å². The number of hydrogen-bond donors (Lipinski definition) is 1. The molecule has 0 aliphatic carbocycles. The van der Waals surface area contributed by atoms with Gasteiger partial charge in [0.1, 0.15) is 5.65 Å². The van der Waals surface area contributed by atoms with Crippen LogP contribution in [-0.4, -0.2) is 14.4 Å². The Morgan fingerprint density at radius 3 is 3.25 bits per heavy atom. The lowest BCUT2D eigenvalue weighted by Gasteiger charge is -1.93. The number of nitrogens with zero attached hydrogens (tertiary/aromatic N) is 2. The minimum absolute atomic E-state index is 0.988. The van der Waals surface area contributed by atoms with Crippen molar-refractivity contribution in [2.24, 2.45) is 0 Å². The van der Waals surface area contributed by atoms with Crippen LogP contribution in [0.1, 0.15) is 0 Å². The molecule has 3 rings (SSSR count). The molecule has 58 valence electrons. The van der Waals surface area contributed by atoms with Gasteiger partial charge < -0.3 is 4.98 Å². The van der Waals surface area contributed by atoms with Crippen LogP contribution in [0.3, 0.4) is 0 Å². The van der Waals surface area contributed by atoms with Gasteiger partial charge in [-0.3, -0.25) is 4.40 Å². The van der Waals surface area contributed by atoms with E-state index in [1.165, 1.54) is 10.9 Å². The van der Waals surface area contributed by atoms with E-state index in [1.54, 1.807) is 0 Å². The molecular formula is C9H7N3. The van der Waals surface area contributed by atoms with Crippen molar-refractivity contribution in [2.45, 2.75) is 0 Å². The maximum atomic E-state index is 4.20. The van der Waals surface area contributed by atoms with Crippen LogP contribution < -0.4 is 0 Å². The maximum Gasteiger partial charge on any atom is 0.137 e. The molecule has 0 amide bonds. The number of fused-ring (bicyclic) bond motifs is 3. The number of aromatic amines is 1. The number of H-pyrrole nitrogens is 1. The summed E-state index contributed by atoms with van der Waals surface area (Å²) in [5, 5.41) is 1.21. The summed E-state index contributed by atoms with van der Waals surface area (Å²) in [6.07, 6.45) is 7.73. The Kier molecular flexibility index (Phi) is 0.913. The van der Waals surface area contributed by atoms with Gasteiger partial charge in [-0.2, -0.15) is 0 Å². The van der Waals surface area contributed by atoms with Crippen LogP contribution in [0.25, 0.3) is 16.6 Å². The second-order valence-electron chi connectivity index (χ2n) is 2.78. The van der Waals surface area contributed by atoms with E-state index < -0.39 is 0 Å². The zero-order chi connectivity index (χ0) is 7.97. The Labute approximate surface area is 68.7 Å². The Hall–Kier alpha value is -1.77. The summed E-state index contributed by atoms with van der Waals surface area (Å²) in [6.45, 7) is 0. The molecule has 0 aliphatic heterocycles. The van der Waals surface area contributed by atoms with Gasteiger partial charge in [-0.1, -0.05) is 0 Å². The van der Waals surface area contributed by atoms with E-state index in [0.29, 0.717) is 0 Å². The highest BCUT2D eigenvalue weighted by Gasteiger charge is 1.98. The van der Waals surface area contributed by atoms with Gasteiger partial charge in [0, 0.05) is 30.2 Å². The Morgan fingerprint density at radius 1 is 1.25 bits per heavy atom. The molecule has 0 atom stereocenters. The van der Waals surface area contributed by atoms with Crippen LogP contribution in [-0.2, 0) is 0 Å². The number of hydrogen-bond acceptors (Lipinski definition) is 1. The van der Waals surface area contributed by atoms with E-state index >= 15 is 0 Å². The van der Waals surface area contributed by atoms with Crippen molar-refractivity contribution in [1.82, 2.24) is 14.4 Å². The third-order valence-electron chi connectivity index (χ3n) is 2.10. The van der Waals surface area contributed by atoms with Crippen molar-refractivity contribution < 1.29 is 0 Å². The lowest BCUT2D eigenvalue weighted by molar-refractivity contribution is 1.26. The Balaban J connectivity index is 2.71. The van der Waals surface area contributed by atoms with Crippen LogP contribution in [0.15, 0.2) is 36.9 Å². The topological polar surface area (TPSA) is 33.1 Å². The van der Waals surface area contributed by atoms with Crippen molar-refractivity contribution in [3.63, 3.8) is 0 Å². The van der Waals surface area contributed by atoms with Gasteiger partial charge in [0.25, 0.3) is 0 Å². The summed E-state index contributed by atoms with van der Waals surface area (Å²) in [4.78, 5) is 7.27. The van der Waals surface area contributed by atoms with E-state index in [9.17, 15) is 0 Å². The molecule has 3 heteroatoms. The van der Waals surface area contributed by atoms with Gasteiger partial charge in [0.15, 0.2) is 0 Å². The number of nitrogens with one attached hydrogen (secondary N) is 1. The molecule has 0 unspecified atom stereocenters. The summed E-state index contributed by atoms with van der Waals surface area (Å²) in [5.74, 6) is 0. The standard InChI is InChI=1S/C9H7N3/c1-2-9-11-3-4-12(9)8-6-10-5-7(1)8/h1-6,10H. The molecule has 0 spiro atoms. The first-order valence-electron chi connectivity index (χ1n) is 3.84. The molecule has 3 aromatic rings. The predicted molar refractivity (Wildman–Crippen MR) is 47.0 cm³/mol. The lowest BCUT2D eigenvalue weighted by atomic mass is 10.3. The molecule has 3 aromatic heterocycles. The van der Waals surface area contributed by atoms with Crippen molar-refractivity contribution >= 4 is 16.6 Å². The number of rotatable bonds is 0. The summed E-state index contributed by atoms with van der Waals surface area (Å²) in [5.41, 5.74) is 2.16. The van der Waals surface area contributed by atoms with Gasteiger partial charge in [0.2, 0.25) is 0 Å². The number of imidazole rings is 1. The van der Waals surface area contributed by atoms with E-state index in [2.05, 4.69) is 20.4 Å². The van der Waals surface area contributed by atoms with Gasteiger partial charge in [-0.15, -0.1) is 0 Å². The highest BCUT2D eigenvalue weighted by atomic mass is 15.0. The third kappa shape index (κ3) is 0.580. The summed E-state index contributed by atoms with van der Waals surface area (Å²) >= 11 is 0. The molecule has 0 radical (unpaired) electrons. The quantitative estimate of drug-likeness (QED) is 0.530. The highest BCUT2D eigenvalue weighted by Crippen LogP contribution is 2.14. The molecule has 3 heterocycles. The zero-order valence-electron chi connectivity index (χ0n) is 6.36. The monoisotopic (exact) mass is 157 g/mol. The molecule has 0 saturated heterocycles. The van der Waals surface area contributed by atoms with Crippen LogP contribution in [0, 0.1) is 0 Å². The minimum Gasteiger partial charge on any atom is -0.365 e. The van der Waals surface area contributed by atoms with E-state index in [4.69, 9.17) is 0 Å². The fraction of sp³-hybridized carbons (Fsp3) is 0. The minimum atomic E-state index is 0.988. The summed E-state index contributed by atoms with van der Waals surface area (Å²) < 4.78 is 2.06. The first kappa shape index (κ1) is 5.83. The van der Waals surface area contributed by atoms with Crippen LogP contribution >= 0.6 is 0 Å². The summed E-state index contributed by atoms with van der Waals surface area (Å²) in [7, 11) is 0. The van der Waals surface area contributed by atoms with E-state index in [0.717, 1.165) is 5.65 Å². The fourth-order valence-electron chi connectivity index (χ4n) is 1.52. The molecular weight excluding hydrogens is 150 g/mol. The normalized spacial score (nSPS) is 11.3. The second kappa shape index (κ2) is 1.88. The largest absolute Gasteiger partial charge is 0.365 e. The van der Waals surface area contributed by atoms with Crippen LogP contribution in [0.4, 0.5) is 0 Å². The first-order chi connectivity index (χ1) is 5.95. The van der Waals surface area contributed by atoms with Gasteiger partial charge in [0.05, 0.1) is 5.52 Å². The van der Waals surface area contributed by atoms with E-state index in [1.807, 2.05) is 30.9 Å². The Bertz CT molecular complexity index is 483. The average Bonchev–Trinajstić information content (AvgIpc) is 2.71. The van der Waals surface area contributed by atoms with Crippen molar-refractivity contribution in [1.29, 1.82) is 0 Å². The average molecular weight is 157 g/mol. The Morgan fingerprint density at radius 2 is 2.25 bits per heavy atom. The van der Waals surface area contributed by atoms with Gasteiger partial charge in [-0.05, 0) is 12.1 Å². The third-order valence-corrected chi connectivity index (χ3v) is 2.10. The number of pyridine rings is 1. The molecule has 0 aliphatic rings. The predicted octanol–water partition coefficient (Wildman–Crippen LogP) is 1.82. The van der Waals surface area contributed by atoms with Crippen molar-refractivity contribution in [2.75, 3.05) is 0 Å². The molecule has 1 N–H and O–H groups in total.